The van der Waals surface area contributed by atoms with Crippen molar-refractivity contribution in [2.24, 2.45) is 0 Å². The molecule has 0 bridgehead atoms. The van der Waals surface area contributed by atoms with Crippen LogP contribution in [0.15, 0.2) is 24.3 Å². The van der Waals surface area contributed by atoms with Crippen LogP contribution >= 0.6 is 0 Å². The zero-order valence-electron chi connectivity index (χ0n) is 13.2. The topological polar surface area (TPSA) is 44.4 Å². The van der Waals surface area contributed by atoms with Crippen LogP contribution < -0.4 is 15.5 Å². The molecular weight excluding hydrogens is 262 g/mol. The first-order chi connectivity index (χ1) is 10.2. The fraction of sp³-hybridized carbons (Fsp3) is 0.588. The predicted molar refractivity (Wildman–Crippen MR) is 87.6 cm³/mol. The SMILES string of the molecule is CCCNC(CC)c1ccc(N2CCCNC(=O)C2)cc1. The predicted octanol–water partition coefficient (Wildman–Crippen LogP) is 2.46. The number of anilines is 1. The maximum atomic E-state index is 11.6. The summed E-state index contributed by atoms with van der Waals surface area (Å²) in [7, 11) is 0. The molecule has 1 aromatic rings. The van der Waals surface area contributed by atoms with Crippen LogP contribution in [0.4, 0.5) is 5.69 Å². The third kappa shape index (κ3) is 4.46. The van der Waals surface area contributed by atoms with Crippen LogP contribution in [0.2, 0.25) is 0 Å². The van der Waals surface area contributed by atoms with E-state index in [0.29, 0.717) is 12.6 Å². The first-order valence-corrected chi connectivity index (χ1v) is 8.09. The van der Waals surface area contributed by atoms with Gasteiger partial charge in [0.2, 0.25) is 5.91 Å². The fourth-order valence-corrected chi connectivity index (χ4v) is 2.76. The Labute approximate surface area is 127 Å². The molecule has 21 heavy (non-hydrogen) atoms. The van der Waals surface area contributed by atoms with Gasteiger partial charge in [-0.2, -0.15) is 0 Å². The first-order valence-electron chi connectivity index (χ1n) is 8.09. The normalized spacial score (nSPS) is 17.2. The largest absolute Gasteiger partial charge is 0.362 e. The highest BCUT2D eigenvalue weighted by Crippen LogP contribution is 2.22. The van der Waals surface area contributed by atoms with Crippen molar-refractivity contribution >= 4 is 11.6 Å². The third-order valence-corrected chi connectivity index (χ3v) is 3.97. The minimum Gasteiger partial charge on any atom is -0.362 e. The lowest BCUT2D eigenvalue weighted by atomic mass is 10.0. The monoisotopic (exact) mass is 289 g/mol. The molecule has 0 spiro atoms. The van der Waals surface area contributed by atoms with E-state index in [2.05, 4.69) is 53.6 Å². The van der Waals surface area contributed by atoms with Gasteiger partial charge in [0, 0.05) is 24.8 Å². The molecule has 2 N–H and O–H groups in total. The molecule has 4 nitrogen and oxygen atoms in total. The Hall–Kier alpha value is -1.55. The number of nitrogens with one attached hydrogen (secondary N) is 2. The van der Waals surface area contributed by atoms with Gasteiger partial charge in [-0.25, -0.2) is 0 Å². The van der Waals surface area contributed by atoms with E-state index in [1.165, 1.54) is 5.56 Å². The van der Waals surface area contributed by atoms with Crippen LogP contribution in [0.1, 0.15) is 44.7 Å². The standard InChI is InChI=1S/C17H27N3O/c1-3-10-18-16(4-2)14-6-8-15(9-7-14)20-12-5-11-19-17(21)13-20/h6-9,16,18H,3-5,10-13H2,1-2H3,(H,19,21). The van der Waals surface area contributed by atoms with Crippen LogP contribution in [0.3, 0.4) is 0 Å². The Kier molecular flexibility index (Phi) is 6.05. The highest BCUT2D eigenvalue weighted by Gasteiger charge is 2.15. The zero-order valence-corrected chi connectivity index (χ0v) is 13.2. The highest BCUT2D eigenvalue weighted by molar-refractivity contribution is 5.81. The van der Waals surface area contributed by atoms with Crippen molar-refractivity contribution in [3.05, 3.63) is 29.8 Å². The average molecular weight is 289 g/mol. The molecule has 1 aromatic carbocycles. The summed E-state index contributed by atoms with van der Waals surface area (Å²) in [6.07, 6.45) is 3.24. The molecule has 1 fully saturated rings. The summed E-state index contributed by atoms with van der Waals surface area (Å²) in [5, 5.41) is 6.49. The minimum absolute atomic E-state index is 0.118. The van der Waals surface area contributed by atoms with Crippen LogP contribution in [0.5, 0.6) is 0 Å². The molecule has 1 aliphatic rings. The van der Waals surface area contributed by atoms with Gasteiger partial charge >= 0.3 is 0 Å². The summed E-state index contributed by atoms with van der Waals surface area (Å²) in [5.41, 5.74) is 2.47. The number of hydrogen-bond donors (Lipinski definition) is 2. The highest BCUT2D eigenvalue weighted by atomic mass is 16.2. The summed E-state index contributed by atoms with van der Waals surface area (Å²) in [5.74, 6) is 0.118. The number of carbonyl (C=O) groups is 1. The maximum absolute atomic E-state index is 11.6. The van der Waals surface area contributed by atoms with Gasteiger partial charge in [0.25, 0.3) is 0 Å². The number of rotatable bonds is 6. The molecule has 4 heteroatoms. The van der Waals surface area contributed by atoms with Gasteiger partial charge in [-0.3, -0.25) is 4.79 Å². The second-order valence-electron chi connectivity index (χ2n) is 5.63. The molecule has 2 rings (SSSR count). The van der Waals surface area contributed by atoms with E-state index in [1.807, 2.05) is 0 Å². The second-order valence-corrected chi connectivity index (χ2v) is 5.63. The van der Waals surface area contributed by atoms with E-state index >= 15 is 0 Å². The van der Waals surface area contributed by atoms with E-state index in [-0.39, 0.29) is 5.91 Å². The number of benzene rings is 1. The Balaban J connectivity index is 2.04. The summed E-state index contributed by atoms with van der Waals surface area (Å²) in [6, 6.07) is 9.09. The molecule has 1 saturated heterocycles. The second kappa shape index (κ2) is 8.03. The van der Waals surface area contributed by atoms with Crippen LogP contribution in [0.25, 0.3) is 0 Å². The summed E-state index contributed by atoms with van der Waals surface area (Å²) >= 11 is 0. The third-order valence-electron chi connectivity index (χ3n) is 3.97. The van der Waals surface area contributed by atoms with Crippen molar-refractivity contribution in [2.75, 3.05) is 31.1 Å². The summed E-state index contributed by atoms with van der Waals surface area (Å²) < 4.78 is 0. The molecule has 0 radical (unpaired) electrons. The molecule has 1 heterocycles. The van der Waals surface area contributed by atoms with Gasteiger partial charge < -0.3 is 15.5 Å². The fourth-order valence-electron chi connectivity index (χ4n) is 2.76. The number of amides is 1. The number of nitrogens with zero attached hydrogens (tertiary/aromatic N) is 1. The van der Waals surface area contributed by atoms with Gasteiger partial charge in [-0.05, 0) is 43.5 Å². The van der Waals surface area contributed by atoms with Crippen molar-refractivity contribution in [3.63, 3.8) is 0 Å². The molecule has 1 atom stereocenters. The average Bonchev–Trinajstić information content (AvgIpc) is 2.73. The van der Waals surface area contributed by atoms with E-state index < -0.39 is 0 Å². The van der Waals surface area contributed by atoms with Crippen molar-refractivity contribution in [3.8, 4) is 0 Å². The van der Waals surface area contributed by atoms with Gasteiger partial charge in [0.05, 0.1) is 6.54 Å². The molecule has 1 unspecified atom stereocenters. The Morgan fingerprint density at radius 2 is 2.05 bits per heavy atom. The lowest BCUT2D eigenvalue weighted by Gasteiger charge is -2.23. The lowest BCUT2D eigenvalue weighted by molar-refractivity contribution is -0.119. The van der Waals surface area contributed by atoms with Gasteiger partial charge in [-0.1, -0.05) is 26.0 Å². The molecule has 116 valence electrons. The Morgan fingerprint density at radius 1 is 1.29 bits per heavy atom. The van der Waals surface area contributed by atoms with Gasteiger partial charge in [-0.15, -0.1) is 0 Å². The van der Waals surface area contributed by atoms with Crippen molar-refractivity contribution in [1.29, 1.82) is 0 Å². The zero-order chi connectivity index (χ0) is 15.1. The van der Waals surface area contributed by atoms with E-state index in [1.54, 1.807) is 0 Å². The molecule has 1 aliphatic heterocycles. The molecule has 0 saturated carbocycles. The van der Waals surface area contributed by atoms with E-state index in [9.17, 15) is 4.79 Å². The van der Waals surface area contributed by atoms with Crippen LogP contribution in [-0.4, -0.2) is 32.1 Å². The van der Waals surface area contributed by atoms with Gasteiger partial charge in [0.1, 0.15) is 0 Å². The maximum Gasteiger partial charge on any atom is 0.239 e. The summed E-state index contributed by atoms with van der Waals surface area (Å²) in [6.45, 7) is 7.63. The van der Waals surface area contributed by atoms with Crippen LogP contribution in [-0.2, 0) is 4.79 Å². The van der Waals surface area contributed by atoms with Crippen LogP contribution in [0, 0.1) is 0 Å². The lowest BCUT2D eigenvalue weighted by Crippen LogP contribution is -2.33. The first kappa shape index (κ1) is 15.8. The minimum atomic E-state index is 0.118. The quantitative estimate of drug-likeness (QED) is 0.845. The Morgan fingerprint density at radius 3 is 2.71 bits per heavy atom. The van der Waals surface area contributed by atoms with E-state index in [0.717, 1.165) is 44.6 Å². The molecular formula is C17H27N3O. The smallest absolute Gasteiger partial charge is 0.239 e. The Bertz CT molecular complexity index is 444. The van der Waals surface area contributed by atoms with Crippen molar-refractivity contribution < 1.29 is 4.79 Å². The summed E-state index contributed by atoms with van der Waals surface area (Å²) in [4.78, 5) is 13.8. The molecule has 1 amide bonds. The number of carbonyl (C=O) groups excluding carboxylic acids is 1. The van der Waals surface area contributed by atoms with Gasteiger partial charge in [0.15, 0.2) is 0 Å². The van der Waals surface area contributed by atoms with Crippen molar-refractivity contribution in [1.82, 2.24) is 10.6 Å². The molecule has 0 aromatic heterocycles. The van der Waals surface area contributed by atoms with Crippen molar-refractivity contribution in [2.45, 2.75) is 39.2 Å². The molecule has 0 aliphatic carbocycles. The van der Waals surface area contributed by atoms with E-state index in [4.69, 9.17) is 0 Å². The number of hydrogen-bond acceptors (Lipinski definition) is 3.